The van der Waals surface area contributed by atoms with Crippen LogP contribution in [0.5, 0.6) is 0 Å². The number of fused-ring (bicyclic) bond motifs is 1. The Bertz CT molecular complexity index is 1020. The molecule has 2 aromatic rings. The standard InChI is InChI=1S/C17H24N4O5S/c1-11-9-21(10-12(2)26-11)7-3-6-18-27(24,25)13-4-5-15-14(8-13)16(22)20-17(23)19-15/h4-5,8,11-12,18H,3,6-7,9-10H2,1-2H3,(H2,19,20,22,23). The Morgan fingerprint density at radius 2 is 1.89 bits per heavy atom. The number of sulfonamides is 1. The van der Waals surface area contributed by atoms with Gasteiger partial charge in [-0.3, -0.25) is 14.7 Å². The van der Waals surface area contributed by atoms with Crippen molar-refractivity contribution in [3.63, 3.8) is 0 Å². The topological polar surface area (TPSA) is 124 Å². The molecule has 1 fully saturated rings. The molecule has 0 aliphatic carbocycles. The third kappa shape index (κ3) is 4.83. The number of aromatic nitrogens is 2. The summed E-state index contributed by atoms with van der Waals surface area (Å²) in [5.41, 5.74) is -0.965. The molecule has 0 amide bonds. The van der Waals surface area contributed by atoms with E-state index in [0.717, 1.165) is 19.6 Å². The minimum Gasteiger partial charge on any atom is -0.373 e. The van der Waals surface area contributed by atoms with E-state index in [4.69, 9.17) is 4.74 Å². The molecule has 27 heavy (non-hydrogen) atoms. The molecular weight excluding hydrogens is 372 g/mol. The fourth-order valence-electron chi connectivity index (χ4n) is 3.37. The van der Waals surface area contributed by atoms with Gasteiger partial charge in [0.05, 0.1) is 28.0 Å². The van der Waals surface area contributed by atoms with Gasteiger partial charge in [-0.25, -0.2) is 17.9 Å². The predicted octanol–water partition coefficient (Wildman–Crippen LogP) is -0.00600. The maximum absolute atomic E-state index is 12.5. The number of ether oxygens (including phenoxy) is 1. The van der Waals surface area contributed by atoms with Gasteiger partial charge < -0.3 is 9.72 Å². The lowest BCUT2D eigenvalue weighted by Gasteiger charge is -2.35. The van der Waals surface area contributed by atoms with E-state index in [0.29, 0.717) is 18.5 Å². The van der Waals surface area contributed by atoms with Gasteiger partial charge in [-0.1, -0.05) is 0 Å². The van der Waals surface area contributed by atoms with Crippen molar-refractivity contribution >= 4 is 20.9 Å². The lowest BCUT2D eigenvalue weighted by atomic mass is 10.2. The number of hydrogen-bond acceptors (Lipinski definition) is 6. The van der Waals surface area contributed by atoms with Crippen LogP contribution >= 0.6 is 0 Å². The van der Waals surface area contributed by atoms with E-state index in [-0.39, 0.29) is 22.5 Å². The Morgan fingerprint density at radius 3 is 2.59 bits per heavy atom. The fourth-order valence-corrected chi connectivity index (χ4v) is 4.47. The summed E-state index contributed by atoms with van der Waals surface area (Å²) in [6, 6.07) is 4.04. The Morgan fingerprint density at radius 1 is 1.19 bits per heavy atom. The molecule has 0 saturated carbocycles. The molecule has 3 N–H and O–H groups in total. The zero-order valence-electron chi connectivity index (χ0n) is 15.3. The molecule has 2 atom stereocenters. The summed E-state index contributed by atoms with van der Waals surface area (Å²) in [5.74, 6) is 0. The van der Waals surface area contributed by atoms with Crippen molar-refractivity contribution < 1.29 is 13.2 Å². The molecule has 9 nitrogen and oxygen atoms in total. The van der Waals surface area contributed by atoms with Gasteiger partial charge in [-0.2, -0.15) is 0 Å². The number of morpholine rings is 1. The molecule has 1 aliphatic heterocycles. The zero-order valence-corrected chi connectivity index (χ0v) is 16.1. The molecule has 1 aromatic heterocycles. The van der Waals surface area contributed by atoms with Crippen LogP contribution in [-0.4, -0.2) is 61.7 Å². The van der Waals surface area contributed by atoms with Crippen molar-refractivity contribution in [3.05, 3.63) is 39.0 Å². The third-order valence-corrected chi connectivity index (χ3v) is 5.92. The number of nitrogens with one attached hydrogen (secondary N) is 3. The Balaban J connectivity index is 1.62. The minimum absolute atomic E-state index is 0.0128. The molecule has 2 unspecified atom stereocenters. The summed E-state index contributed by atoms with van der Waals surface area (Å²) >= 11 is 0. The van der Waals surface area contributed by atoms with E-state index in [9.17, 15) is 18.0 Å². The van der Waals surface area contributed by atoms with E-state index in [1.54, 1.807) is 0 Å². The molecule has 1 aromatic carbocycles. The van der Waals surface area contributed by atoms with Crippen LogP contribution < -0.4 is 16.0 Å². The molecule has 0 radical (unpaired) electrons. The Kier molecular flexibility index (Phi) is 5.80. The summed E-state index contributed by atoms with van der Waals surface area (Å²) in [5, 5.41) is 0.119. The summed E-state index contributed by atoms with van der Waals surface area (Å²) in [6.07, 6.45) is 1.01. The van der Waals surface area contributed by atoms with Gasteiger partial charge in [0.25, 0.3) is 5.56 Å². The number of benzene rings is 1. The lowest BCUT2D eigenvalue weighted by Crippen LogP contribution is -2.46. The van der Waals surface area contributed by atoms with Crippen LogP contribution in [0.4, 0.5) is 0 Å². The van der Waals surface area contributed by atoms with Gasteiger partial charge in [0, 0.05) is 19.6 Å². The van der Waals surface area contributed by atoms with Crippen LogP contribution in [0.15, 0.2) is 32.7 Å². The lowest BCUT2D eigenvalue weighted by molar-refractivity contribution is -0.0679. The molecule has 2 heterocycles. The van der Waals surface area contributed by atoms with Crippen molar-refractivity contribution in [2.75, 3.05) is 26.2 Å². The second kappa shape index (κ2) is 7.93. The first-order valence-corrected chi connectivity index (χ1v) is 10.4. The van der Waals surface area contributed by atoms with Crippen molar-refractivity contribution in [3.8, 4) is 0 Å². The maximum atomic E-state index is 12.5. The first kappa shape index (κ1) is 19.7. The smallest absolute Gasteiger partial charge is 0.326 e. The second-order valence-corrected chi connectivity index (χ2v) is 8.65. The highest BCUT2D eigenvalue weighted by Crippen LogP contribution is 2.14. The van der Waals surface area contributed by atoms with Gasteiger partial charge in [0.15, 0.2) is 0 Å². The SMILES string of the molecule is CC1CN(CCCNS(=O)(=O)c2ccc3[nH]c(=O)[nH]c(=O)c3c2)CC(C)O1. The first-order valence-electron chi connectivity index (χ1n) is 8.88. The quantitative estimate of drug-likeness (QED) is 0.590. The van der Waals surface area contributed by atoms with Crippen molar-refractivity contribution in [2.24, 2.45) is 0 Å². The highest BCUT2D eigenvalue weighted by molar-refractivity contribution is 7.89. The van der Waals surface area contributed by atoms with Crippen molar-refractivity contribution in [1.29, 1.82) is 0 Å². The van der Waals surface area contributed by atoms with E-state index in [1.165, 1.54) is 18.2 Å². The van der Waals surface area contributed by atoms with E-state index < -0.39 is 21.3 Å². The summed E-state index contributed by atoms with van der Waals surface area (Å²) in [7, 11) is -3.74. The molecule has 148 valence electrons. The highest BCUT2D eigenvalue weighted by atomic mass is 32.2. The van der Waals surface area contributed by atoms with Crippen LogP contribution in [0.1, 0.15) is 20.3 Å². The van der Waals surface area contributed by atoms with Crippen LogP contribution in [-0.2, 0) is 14.8 Å². The Hall–Kier alpha value is -2.01. The zero-order chi connectivity index (χ0) is 19.6. The van der Waals surface area contributed by atoms with Gasteiger partial charge in [-0.05, 0) is 45.0 Å². The molecular formula is C17H24N4O5S. The van der Waals surface area contributed by atoms with Gasteiger partial charge in [0.1, 0.15) is 0 Å². The Labute approximate surface area is 156 Å². The minimum atomic E-state index is -3.74. The van der Waals surface area contributed by atoms with Crippen LogP contribution in [0.25, 0.3) is 10.9 Å². The van der Waals surface area contributed by atoms with E-state index in [2.05, 4.69) is 19.6 Å². The predicted molar refractivity (Wildman–Crippen MR) is 101 cm³/mol. The normalized spacial score (nSPS) is 21.6. The first-order chi connectivity index (χ1) is 12.7. The summed E-state index contributed by atoms with van der Waals surface area (Å²) in [4.78, 5) is 29.9. The van der Waals surface area contributed by atoms with E-state index >= 15 is 0 Å². The average molecular weight is 396 g/mol. The second-order valence-electron chi connectivity index (χ2n) is 6.88. The number of aromatic amines is 2. The average Bonchev–Trinajstić information content (AvgIpc) is 2.57. The van der Waals surface area contributed by atoms with Crippen LogP contribution in [0.3, 0.4) is 0 Å². The monoisotopic (exact) mass is 396 g/mol. The largest absolute Gasteiger partial charge is 0.373 e. The van der Waals surface area contributed by atoms with Crippen LogP contribution in [0.2, 0.25) is 0 Å². The van der Waals surface area contributed by atoms with Gasteiger partial charge in [0.2, 0.25) is 10.0 Å². The van der Waals surface area contributed by atoms with Crippen molar-refractivity contribution in [2.45, 2.75) is 37.4 Å². The number of H-pyrrole nitrogens is 2. The molecule has 1 aliphatic rings. The summed E-state index contributed by atoms with van der Waals surface area (Å²) < 4.78 is 33.2. The molecule has 0 spiro atoms. The fraction of sp³-hybridized carbons (Fsp3) is 0.529. The third-order valence-electron chi connectivity index (χ3n) is 4.46. The number of rotatable bonds is 6. The highest BCUT2D eigenvalue weighted by Gasteiger charge is 2.22. The summed E-state index contributed by atoms with van der Waals surface area (Å²) in [6.45, 7) is 6.80. The van der Waals surface area contributed by atoms with Gasteiger partial charge in [-0.15, -0.1) is 0 Å². The van der Waals surface area contributed by atoms with Crippen molar-refractivity contribution in [1.82, 2.24) is 19.6 Å². The van der Waals surface area contributed by atoms with E-state index in [1.807, 2.05) is 13.8 Å². The molecule has 10 heteroatoms. The maximum Gasteiger partial charge on any atom is 0.326 e. The van der Waals surface area contributed by atoms with Crippen LogP contribution in [0, 0.1) is 0 Å². The van der Waals surface area contributed by atoms with Gasteiger partial charge >= 0.3 is 5.69 Å². The number of hydrogen-bond donors (Lipinski definition) is 3. The molecule has 0 bridgehead atoms. The molecule has 3 rings (SSSR count). The number of nitrogens with zero attached hydrogens (tertiary/aromatic N) is 1. The molecule has 1 saturated heterocycles.